The van der Waals surface area contributed by atoms with Crippen LogP contribution >= 0.6 is 0 Å². The summed E-state index contributed by atoms with van der Waals surface area (Å²) in [4.78, 5) is 0. The Kier molecular flexibility index (Phi) is 2.68. The predicted octanol–water partition coefficient (Wildman–Crippen LogP) is 0.683. The van der Waals surface area contributed by atoms with Crippen LogP contribution < -0.4 is 5.73 Å². The molecule has 0 amide bonds. The van der Waals surface area contributed by atoms with Gasteiger partial charge in [0.25, 0.3) is 0 Å². The van der Waals surface area contributed by atoms with Crippen LogP contribution in [0.1, 0.15) is 18.6 Å². The largest absolute Gasteiger partial charge is 0.398 e. The second-order valence-corrected chi connectivity index (χ2v) is 2.81. The number of benzene rings is 1. The monoisotopic (exact) mass is 167 g/mol. The Bertz CT molecular complexity index is 260. The Morgan fingerprint density at radius 3 is 2.33 bits per heavy atom. The molecule has 0 bridgehead atoms. The van der Waals surface area contributed by atoms with Gasteiger partial charge in [0, 0.05) is 11.3 Å². The van der Waals surface area contributed by atoms with Crippen molar-refractivity contribution in [3.8, 4) is 0 Å². The minimum Gasteiger partial charge on any atom is -0.398 e. The van der Waals surface area contributed by atoms with Crippen molar-refractivity contribution >= 4 is 5.69 Å². The third-order valence-electron chi connectivity index (χ3n) is 1.77. The molecule has 3 nitrogen and oxygen atoms in total. The van der Waals surface area contributed by atoms with Crippen LogP contribution in [0.3, 0.4) is 0 Å². The van der Waals surface area contributed by atoms with Crippen molar-refractivity contribution < 1.29 is 10.2 Å². The van der Waals surface area contributed by atoms with E-state index in [0.29, 0.717) is 11.3 Å². The number of nitrogen functional groups attached to an aromatic ring is 1. The highest BCUT2D eigenvalue weighted by Crippen LogP contribution is 2.22. The van der Waals surface area contributed by atoms with Crippen LogP contribution in [-0.2, 0) is 0 Å². The Balaban J connectivity index is 2.94. The first kappa shape index (κ1) is 9.03. The molecule has 0 aliphatic heterocycles. The molecule has 0 spiro atoms. The van der Waals surface area contributed by atoms with Crippen molar-refractivity contribution in [2.75, 3.05) is 5.73 Å². The summed E-state index contributed by atoms with van der Waals surface area (Å²) in [6.45, 7) is 1.52. The Morgan fingerprint density at radius 1 is 1.25 bits per heavy atom. The molecule has 0 saturated carbocycles. The molecule has 12 heavy (non-hydrogen) atoms. The first-order chi connectivity index (χ1) is 5.63. The molecule has 2 atom stereocenters. The van der Waals surface area contributed by atoms with Gasteiger partial charge in [0.05, 0.1) is 6.10 Å². The van der Waals surface area contributed by atoms with E-state index in [1.165, 1.54) is 6.92 Å². The van der Waals surface area contributed by atoms with Crippen molar-refractivity contribution in [3.05, 3.63) is 29.8 Å². The predicted molar refractivity (Wildman–Crippen MR) is 47.5 cm³/mol. The zero-order valence-corrected chi connectivity index (χ0v) is 6.94. The maximum atomic E-state index is 9.45. The van der Waals surface area contributed by atoms with E-state index < -0.39 is 12.2 Å². The zero-order valence-electron chi connectivity index (χ0n) is 6.94. The fraction of sp³-hybridized carbons (Fsp3) is 0.333. The van der Waals surface area contributed by atoms with Crippen molar-refractivity contribution in [2.24, 2.45) is 0 Å². The molecule has 66 valence electrons. The van der Waals surface area contributed by atoms with Crippen LogP contribution in [-0.4, -0.2) is 16.3 Å². The molecular weight excluding hydrogens is 154 g/mol. The van der Waals surface area contributed by atoms with Crippen LogP contribution in [0.5, 0.6) is 0 Å². The lowest BCUT2D eigenvalue weighted by Gasteiger charge is -2.15. The fourth-order valence-corrected chi connectivity index (χ4v) is 1.04. The van der Waals surface area contributed by atoms with Crippen molar-refractivity contribution in [2.45, 2.75) is 19.1 Å². The lowest BCUT2D eigenvalue weighted by Crippen LogP contribution is -2.15. The lowest BCUT2D eigenvalue weighted by atomic mass is 10.0. The molecular formula is C9H13NO2. The molecule has 0 radical (unpaired) electrons. The maximum absolute atomic E-state index is 9.45. The SMILES string of the molecule is C[C@H](O)[C@@H](O)c1ccccc1N. The normalized spacial score (nSPS) is 15.6. The summed E-state index contributed by atoms with van der Waals surface area (Å²) in [6.07, 6.45) is -1.69. The molecule has 0 saturated heterocycles. The zero-order chi connectivity index (χ0) is 9.14. The van der Waals surface area contributed by atoms with E-state index in [1.807, 2.05) is 0 Å². The first-order valence-electron chi connectivity index (χ1n) is 3.83. The highest BCUT2D eigenvalue weighted by atomic mass is 16.3. The third-order valence-corrected chi connectivity index (χ3v) is 1.77. The summed E-state index contributed by atoms with van der Waals surface area (Å²) in [5.41, 5.74) is 6.67. The number of anilines is 1. The second-order valence-electron chi connectivity index (χ2n) is 2.81. The van der Waals surface area contributed by atoms with Gasteiger partial charge in [-0.2, -0.15) is 0 Å². The Labute approximate surface area is 71.5 Å². The van der Waals surface area contributed by atoms with Gasteiger partial charge < -0.3 is 15.9 Å². The molecule has 1 aromatic rings. The number of aliphatic hydroxyl groups excluding tert-OH is 2. The second kappa shape index (κ2) is 3.56. The standard InChI is InChI=1S/C9H13NO2/c1-6(11)9(12)7-4-2-3-5-8(7)10/h2-6,9,11-12H,10H2,1H3/t6-,9+/m0/s1. The van der Waals surface area contributed by atoms with E-state index in [4.69, 9.17) is 10.8 Å². The molecule has 0 fully saturated rings. The molecule has 1 aromatic carbocycles. The highest BCUT2D eigenvalue weighted by Gasteiger charge is 2.15. The van der Waals surface area contributed by atoms with Gasteiger partial charge >= 0.3 is 0 Å². The molecule has 1 rings (SSSR count). The van der Waals surface area contributed by atoms with Gasteiger partial charge in [0.2, 0.25) is 0 Å². The molecule has 0 aliphatic rings. The number of aliphatic hydroxyl groups is 2. The number of para-hydroxylation sites is 1. The molecule has 4 N–H and O–H groups in total. The van der Waals surface area contributed by atoms with Gasteiger partial charge in [-0.1, -0.05) is 18.2 Å². The van der Waals surface area contributed by atoms with E-state index >= 15 is 0 Å². The van der Waals surface area contributed by atoms with Gasteiger partial charge in [-0.3, -0.25) is 0 Å². The van der Waals surface area contributed by atoms with E-state index in [9.17, 15) is 5.11 Å². The van der Waals surface area contributed by atoms with E-state index in [-0.39, 0.29) is 0 Å². The lowest BCUT2D eigenvalue weighted by molar-refractivity contribution is 0.0310. The van der Waals surface area contributed by atoms with Crippen molar-refractivity contribution in [3.63, 3.8) is 0 Å². The fourth-order valence-electron chi connectivity index (χ4n) is 1.04. The molecule has 3 heteroatoms. The minimum absolute atomic E-state index is 0.505. The molecule has 0 aliphatic carbocycles. The first-order valence-corrected chi connectivity index (χ1v) is 3.83. The van der Waals surface area contributed by atoms with Gasteiger partial charge in [-0.25, -0.2) is 0 Å². The number of rotatable bonds is 2. The van der Waals surface area contributed by atoms with Crippen LogP contribution in [0.4, 0.5) is 5.69 Å². The highest BCUT2D eigenvalue weighted by molar-refractivity contribution is 5.47. The maximum Gasteiger partial charge on any atom is 0.107 e. The molecule has 0 unspecified atom stereocenters. The van der Waals surface area contributed by atoms with Crippen LogP contribution in [0, 0.1) is 0 Å². The third kappa shape index (κ3) is 1.75. The molecule has 0 aromatic heterocycles. The average molecular weight is 167 g/mol. The van der Waals surface area contributed by atoms with E-state index in [1.54, 1.807) is 24.3 Å². The quantitative estimate of drug-likeness (QED) is 0.567. The number of hydrogen-bond acceptors (Lipinski definition) is 3. The van der Waals surface area contributed by atoms with Crippen molar-refractivity contribution in [1.29, 1.82) is 0 Å². The van der Waals surface area contributed by atoms with Gasteiger partial charge in [-0.15, -0.1) is 0 Å². The summed E-state index contributed by atoms with van der Waals surface area (Å²) in [7, 11) is 0. The van der Waals surface area contributed by atoms with Crippen LogP contribution in [0.2, 0.25) is 0 Å². The Hall–Kier alpha value is -1.06. The summed E-state index contributed by atoms with van der Waals surface area (Å²) < 4.78 is 0. The van der Waals surface area contributed by atoms with E-state index in [0.717, 1.165) is 0 Å². The molecule has 0 heterocycles. The topological polar surface area (TPSA) is 66.5 Å². The summed E-state index contributed by atoms with van der Waals surface area (Å²) >= 11 is 0. The number of hydrogen-bond donors (Lipinski definition) is 3. The minimum atomic E-state index is -0.897. The van der Waals surface area contributed by atoms with Crippen molar-refractivity contribution in [1.82, 2.24) is 0 Å². The summed E-state index contributed by atoms with van der Waals surface area (Å²) in [5, 5.41) is 18.5. The van der Waals surface area contributed by atoms with Gasteiger partial charge in [-0.05, 0) is 13.0 Å². The Morgan fingerprint density at radius 2 is 1.83 bits per heavy atom. The number of nitrogens with two attached hydrogens (primary N) is 1. The summed E-state index contributed by atoms with van der Waals surface area (Å²) in [6, 6.07) is 6.96. The average Bonchev–Trinajstić information content (AvgIpc) is 2.04. The van der Waals surface area contributed by atoms with Gasteiger partial charge in [0.15, 0.2) is 0 Å². The summed E-state index contributed by atoms with van der Waals surface area (Å²) in [5.74, 6) is 0. The van der Waals surface area contributed by atoms with Crippen LogP contribution in [0.15, 0.2) is 24.3 Å². The van der Waals surface area contributed by atoms with E-state index in [2.05, 4.69) is 0 Å². The smallest absolute Gasteiger partial charge is 0.107 e. The van der Waals surface area contributed by atoms with Gasteiger partial charge in [0.1, 0.15) is 6.10 Å². The van der Waals surface area contributed by atoms with Crippen LogP contribution in [0.25, 0.3) is 0 Å².